The van der Waals surface area contributed by atoms with E-state index in [1.807, 2.05) is 13.1 Å². The highest BCUT2D eigenvalue weighted by molar-refractivity contribution is 14.0. The zero-order valence-corrected chi connectivity index (χ0v) is 19.9. The fraction of sp³-hybridized carbons (Fsp3) is 0.667. The number of aliphatic imine (C=N–C) groups is 1. The topological polar surface area (TPSA) is 104 Å². The van der Waals surface area contributed by atoms with Crippen LogP contribution in [0, 0.1) is 0 Å². The zero-order valence-electron chi connectivity index (χ0n) is 17.6. The molecule has 0 radical (unpaired) electrons. The lowest BCUT2D eigenvalue weighted by molar-refractivity contribution is -0.127. The summed E-state index contributed by atoms with van der Waals surface area (Å²) >= 11 is 0. The molecule has 0 spiro atoms. The number of likely N-dealkylation sites (tertiary alicyclic amines) is 1. The van der Waals surface area contributed by atoms with Crippen molar-refractivity contribution >= 4 is 41.9 Å². The molecule has 29 heavy (non-hydrogen) atoms. The molecule has 0 aromatic carbocycles. The predicted molar refractivity (Wildman–Crippen MR) is 121 cm³/mol. The minimum Gasteiger partial charge on any atom is -0.450 e. The first-order chi connectivity index (χ1) is 13.4. The monoisotopic (exact) mass is 521 g/mol. The number of nitrogens with zero attached hydrogens (tertiary/aromatic N) is 5. The Hall–Kier alpha value is -2.05. The number of carbonyl (C=O) groups excluding carboxylic acids is 2. The highest BCUT2D eigenvalue weighted by Gasteiger charge is 2.24. The maximum atomic E-state index is 11.9. The van der Waals surface area contributed by atoms with Crippen molar-refractivity contribution in [1.29, 1.82) is 0 Å². The van der Waals surface area contributed by atoms with Gasteiger partial charge in [0, 0.05) is 46.5 Å². The van der Waals surface area contributed by atoms with E-state index in [1.54, 1.807) is 36.8 Å². The molecule has 1 aromatic heterocycles. The number of hydrogen-bond donors (Lipinski definition) is 2. The van der Waals surface area contributed by atoms with Gasteiger partial charge < -0.3 is 25.2 Å². The molecular weight excluding hydrogens is 489 g/mol. The van der Waals surface area contributed by atoms with E-state index in [1.165, 1.54) is 4.90 Å². The van der Waals surface area contributed by atoms with Crippen LogP contribution < -0.4 is 10.6 Å². The Morgan fingerprint density at radius 2 is 2.03 bits per heavy atom. The number of rotatable bonds is 6. The predicted octanol–water partition coefficient (Wildman–Crippen LogP) is 0.782. The van der Waals surface area contributed by atoms with Crippen molar-refractivity contribution in [1.82, 2.24) is 30.2 Å². The Morgan fingerprint density at radius 1 is 1.34 bits per heavy atom. The summed E-state index contributed by atoms with van der Waals surface area (Å²) in [4.78, 5) is 31.6. The van der Waals surface area contributed by atoms with E-state index in [-0.39, 0.29) is 48.6 Å². The molecule has 10 nitrogen and oxygen atoms in total. The number of nitrogens with one attached hydrogen (secondary N) is 2. The molecule has 1 aromatic rings. The number of carbonyl (C=O) groups is 2. The van der Waals surface area contributed by atoms with Gasteiger partial charge in [-0.3, -0.25) is 9.48 Å². The van der Waals surface area contributed by atoms with Crippen LogP contribution >= 0.6 is 24.0 Å². The number of amides is 2. The third-order valence-corrected chi connectivity index (χ3v) is 4.59. The van der Waals surface area contributed by atoms with Gasteiger partial charge in [0.15, 0.2) is 5.96 Å². The summed E-state index contributed by atoms with van der Waals surface area (Å²) in [6.45, 7) is 4.05. The lowest BCUT2D eigenvalue weighted by atomic mass is 10.1. The van der Waals surface area contributed by atoms with Crippen molar-refractivity contribution in [2.75, 3.05) is 40.3 Å². The van der Waals surface area contributed by atoms with Gasteiger partial charge in [0.1, 0.15) is 0 Å². The number of ether oxygens (including phenoxy) is 1. The number of aromatic nitrogens is 2. The molecule has 1 fully saturated rings. The highest BCUT2D eigenvalue weighted by Crippen LogP contribution is 2.11. The molecule has 2 amide bonds. The van der Waals surface area contributed by atoms with Gasteiger partial charge in [-0.05, 0) is 25.8 Å². The van der Waals surface area contributed by atoms with Gasteiger partial charge in [-0.1, -0.05) is 0 Å². The van der Waals surface area contributed by atoms with Gasteiger partial charge in [-0.2, -0.15) is 5.10 Å². The summed E-state index contributed by atoms with van der Waals surface area (Å²) in [6.07, 6.45) is 3.03. The summed E-state index contributed by atoms with van der Waals surface area (Å²) in [5.74, 6) is 0.540. The van der Waals surface area contributed by atoms with Gasteiger partial charge in [-0.25, -0.2) is 9.79 Å². The number of aryl methyl sites for hydroxylation is 1. The van der Waals surface area contributed by atoms with Crippen molar-refractivity contribution in [3.63, 3.8) is 0 Å². The Kier molecular flexibility index (Phi) is 10.8. The lowest BCUT2D eigenvalue weighted by Gasteiger charge is -2.32. The smallest absolute Gasteiger partial charge is 0.409 e. The summed E-state index contributed by atoms with van der Waals surface area (Å²) in [6, 6.07) is 2.07. The fourth-order valence-corrected chi connectivity index (χ4v) is 2.80. The number of guanidine groups is 1. The first-order valence-corrected chi connectivity index (χ1v) is 9.54. The average Bonchev–Trinajstić information content (AvgIpc) is 3.09. The average molecular weight is 521 g/mol. The van der Waals surface area contributed by atoms with Crippen LogP contribution in [0.3, 0.4) is 0 Å². The molecule has 0 bridgehead atoms. The SMILES string of the molecule is CCOC(=O)N1CCC(NC(=NCc2ccnn2C)NCC(=O)N(C)C)CC1.I. The number of likely N-dealkylation sites (N-methyl/N-ethyl adjacent to an activating group) is 1. The van der Waals surface area contributed by atoms with Gasteiger partial charge in [0.2, 0.25) is 5.91 Å². The molecule has 2 rings (SSSR count). The molecule has 1 aliphatic heterocycles. The lowest BCUT2D eigenvalue weighted by Crippen LogP contribution is -2.51. The second-order valence-corrected chi connectivity index (χ2v) is 6.86. The molecule has 0 unspecified atom stereocenters. The van der Waals surface area contributed by atoms with Crippen molar-refractivity contribution < 1.29 is 14.3 Å². The van der Waals surface area contributed by atoms with Crippen LogP contribution in [0.2, 0.25) is 0 Å². The molecule has 0 aliphatic carbocycles. The Balaban J connectivity index is 0.00000420. The second-order valence-electron chi connectivity index (χ2n) is 6.86. The van der Waals surface area contributed by atoms with Crippen molar-refractivity contribution in [3.05, 3.63) is 18.0 Å². The zero-order chi connectivity index (χ0) is 20.5. The summed E-state index contributed by atoms with van der Waals surface area (Å²) in [5.41, 5.74) is 0.970. The van der Waals surface area contributed by atoms with Crippen molar-refractivity contribution in [2.24, 2.45) is 12.0 Å². The van der Waals surface area contributed by atoms with Gasteiger partial charge in [0.25, 0.3) is 0 Å². The molecule has 11 heteroatoms. The number of halogens is 1. The van der Waals surface area contributed by atoms with E-state index >= 15 is 0 Å². The van der Waals surface area contributed by atoms with Crippen molar-refractivity contribution in [3.8, 4) is 0 Å². The van der Waals surface area contributed by atoms with E-state index in [0.29, 0.717) is 32.2 Å². The Morgan fingerprint density at radius 3 is 2.59 bits per heavy atom. The van der Waals surface area contributed by atoms with Crippen LogP contribution in [0.15, 0.2) is 17.3 Å². The minimum atomic E-state index is -0.263. The van der Waals surface area contributed by atoms with Crippen LogP contribution in [0.1, 0.15) is 25.5 Å². The normalized spacial score (nSPS) is 14.8. The summed E-state index contributed by atoms with van der Waals surface area (Å²) < 4.78 is 6.82. The molecule has 1 aliphatic rings. The summed E-state index contributed by atoms with van der Waals surface area (Å²) in [5, 5.41) is 10.6. The minimum absolute atomic E-state index is 0. The van der Waals surface area contributed by atoms with E-state index in [9.17, 15) is 9.59 Å². The molecule has 2 heterocycles. The van der Waals surface area contributed by atoms with Gasteiger partial charge >= 0.3 is 6.09 Å². The third-order valence-electron chi connectivity index (χ3n) is 4.59. The molecule has 0 saturated carbocycles. The standard InChI is InChI=1S/C18H31N7O3.HI/c1-5-28-18(27)25-10-7-14(8-11-25)22-17(20-13-16(26)23(2)3)19-12-15-6-9-21-24(15)4;/h6,9,14H,5,7-8,10-13H2,1-4H3,(H2,19,20,22);1H. The van der Waals surface area contributed by atoms with E-state index < -0.39 is 0 Å². The highest BCUT2D eigenvalue weighted by atomic mass is 127. The number of piperidine rings is 1. The molecule has 1 saturated heterocycles. The molecule has 164 valence electrons. The van der Waals surface area contributed by atoms with Crippen LogP contribution in [-0.4, -0.2) is 83.9 Å². The maximum Gasteiger partial charge on any atom is 0.409 e. The molecular formula is C18H32IN7O3. The van der Waals surface area contributed by atoms with Crippen molar-refractivity contribution in [2.45, 2.75) is 32.4 Å². The Bertz CT molecular complexity index is 685. The summed E-state index contributed by atoms with van der Waals surface area (Å²) in [7, 11) is 5.30. The van der Waals surface area contributed by atoms with E-state index in [0.717, 1.165) is 18.5 Å². The largest absolute Gasteiger partial charge is 0.450 e. The maximum absolute atomic E-state index is 11.9. The van der Waals surface area contributed by atoms with E-state index in [4.69, 9.17) is 4.74 Å². The molecule has 0 atom stereocenters. The van der Waals surface area contributed by atoms with Gasteiger partial charge in [0.05, 0.1) is 25.4 Å². The third kappa shape index (κ3) is 8.07. The first-order valence-electron chi connectivity index (χ1n) is 9.54. The quantitative estimate of drug-likeness (QED) is 0.326. The van der Waals surface area contributed by atoms with Gasteiger partial charge in [-0.15, -0.1) is 24.0 Å². The molecule has 2 N–H and O–H groups in total. The first kappa shape index (κ1) is 25.0. The van der Waals surface area contributed by atoms with Crippen LogP contribution in [0.5, 0.6) is 0 Å². The van der Waals surface area contributed by atoms with E-state index in [2.05, 4.69) is 20.7 Å². The number of hydrogen-bond acceptors (Lipinski definition) is 5. The van der Waals surface area contributed by atoms with Crippen LogP contribution in [0.25, 0.3) is 0 Å². The van der Waals surface area contributed by atoms with Crippen LogP contribution in [-0.2, 0) is 23.1 Å². The second kappa shape index (κ2) is 12.5. The Labute approximate surface area is 189 Å². The fourth-order valence-electron chi connectivity index (χ4n) is 2.80. The van der Waals surface area contributed by atoms with Crippen LogP contribution in [0.4, 0.5) is 4.79 Å².